The molecule has 0 bridgehead atoms. The lowest BCUT2D eigenvalue weighted by Gasteiger charge is -2.50. The van der Waals surface area contributed by atoms with Crippen molar-refractivity contribution >= 4 is 23.4 Å². The highest BCUT2D eigenvalue weighted by Gasteiger charge is 2.51. The zero-order valence-electron chi connectivity index (χ0n) is 29.1. The molecule has 4 aromatic rings. The van der Waals surface area contributed by atoms with Crippen LogP contribution in [-0.4, -0.2) is 88.0 Å². The Hall–Kier alpha value is -4.65. The molecule has 13 heteroatoms. The maximum atomic E-state index is 16.5. The van der Waals surface area contributed by atoms with Gasteiger partial charge in [-0.05, 0) is 43.4 Å². The molecule has 2 N–H and O–H groups in total. The summed E-state index contributed by atoms with van der Waals surface area (Å²) < 4.78 is 28.0. The first-order chi connectivity index (χ1) is 25.2. The number of hydrogen-bond acceptors (Lipinski definition) is 9. The first-order valence-electron chi connectivity index (χ1n) is 17.8. The van der Waals surface area contributed by atoms with Gasteiger partial charge in [-0.1, -0.05) is 41.9 Å². The van der Waals surface area contributed by atoms with Crippen LogP contribution >= 0.6 is 11.6 Å². The third-order valence-electron chi connectivity index (χ3n) is 11.5. The van der Waals surface area contributed by atoms with Crippen LogP contribution in [0.4, 0.5) is 4.39 Å². The maximum absolute atomic E-state index is 16.5. The van der Waals surface area contributed by atoms with Crippen LogP contribution in [0.15, 0.2) is 48.7 Å². The molecule has 2 aromatic carbocycles. The summed E-state index contributed by atoms with van der Waals surface area (Å²) in [5.74, 6) is 0.664. The van der Waals surface area contributed by atoms with Gasteiger partial charge < -0.3 is 20.1 Å². The molecule has 2 spiro atoms. The number of fused-ring (bicyclic) bond motifs is 1. The van der Waals surface area contributed by atoms with E-state index in [4.69, 9.17) is 26.1 Å². The Morgan fingerprint density at radius 1 is 0.846 bits per heavy atom. The van der Waals surface area contributed by atoms with E-state index in [1.807, 2.05) is 12.1 Å². The number of hydrogen-bond donors (Lipinski definition) is 2. The average Bonchev–Trinajstić information content (AvgIpc) is 3.84. The van der Waals surface area contributed by atoms with Gasteiger partial charge in [0.25, 0.3) is 0 Å². The van der Waals surface area contributed by atoms with Gasteiger partial charge in [-0.15, -0.1) is 0 Å². The third-order valence-corrected chi connectivity index (χ3v) is 11.9. The van der Waals surface area contributed by atoms with Crippen molar-refractivity contribution in [3.63, 3.8) is 0 Å². The molecule has 0 unspecified atom stereocenters. The van der Waals surface area contributed by atoms with Crippen molar-refractivity contribution in [2.75, 3.05) is 40.4 Å². The summed E-state index contributed by atoms with van der Waals surface area (Å²) in [6.45, 7) is 3.67. The number of benzene rings is 2. The Kier molecular flexibility index (Phi) is 7.98. The second kappa shape index (κ2) is 12.5. The van der Waals surface area contributed by atoms with Gasteiger partial charge >= 0.3 is 0 Å². The van der Waals surface area contributed by atoms with Gasteiger partial charge in [-0.2, -0.15) is 0 Å². The highest BCUT2D eigenvalue weighted by Crippen LogP contribution is 2.48. The average molecular weight is 724 g/mol. The molecule has 2 aromatic heterocycles. The van der Waals surface area contributed by atoms with Crippen molar-refractivity contribution in [3.05, 3.63) is 76.3 Å². The molecular weight excluding hydrogens is 685 g/mol. The fraction of sp³-hybridized carbons (Fsp3) is 0.410. The van der Waals surface area contributed by atoms with Gasteiger partial charge in [-0.3, -0.25) is 24.4 Å². The summed E-state index contributed by atoms with van der Waals surface area (Å²) in [6, 6.07) is 13.0. The molecule has 6 heterocycles. The number of halogens is 2. The lowest BCUT2D eigenvalue weighted by Crippen LogP contribution is -2.67. The standard InChI is InChI=1S/C39H39ClFN7O4/c1-51-36-29(17-47-18-38(19-47)13-11-31(49)45-38)42-16-28(44-36)26-8-4-6-24(35(26)41)23-5-3-7-25(34(23)40)27-15-22-9-10-30(33(22)37(43-27)52-2)48-20-39(21-48)14-12-32(50)46-39/h3-8,15-16,30H,9-14,17-21H2,1-2H3,(H,45,49)(H,46,50)/t30-/m0/s1. The van der Waals surface area contributed by atoms with Crippen LogP contribution in [0.5, 0.6) is 11.8 Å². The second-order valence-corrected chi connectivity index (χ2v) is 15.3. The van der Waals surface area contributed by atoms with Crippen molar-refractivity contribution < 1.29 is 23.5 Å². The minimum absolute atomic E-state index is 0.0991. The number of methoxy groups -OCH3 is 2. The Morgan fingerprint density at radius 2 is 1.48 bits per heavy atom. The molecular formula is C39H39ClFN7O4. The zero-order valence-corrected chi connectivity index (χ0v) is 29.9. The summed E-state index contributed by atoms with van der Waals surface area (Å²) in [4.78, 5) is 42.5. The molecule has 9 rings (SSSR count). The number of carbonyl (C=O) groups excluding carboxylic acids is 2. The van der Waals surface area contributed by atoms with Crippen molar-refractivity contribution in [1.29, 1.82) is 0 Å². The van der Waals surface area contributed by atoms with Crippen LogP contribution in [0.3, 0.4) is 0 Å². The Morgan fingerprint density at radius 3 is 2.15 bits per heavy atom. The molecule has 5 aliphatic rings. The molecule has 2 amide bonds. The number of aryl methyl sites for hydroxylation is 1. The largest absolute Gasteiger partial charge is 0.481 e. The molecule has 0 saturated carbocycles. The molecule has 4 fully saturated rings. The van der Waals surface area contributed by atoms with Crippen molar-refractivity contribution in [2.45, 2.75) is 62.2 Å². The van der Waals surface area contributed by atoms with Gasteiger partial charge in [-0.25, -0.2) is 14.4 Å². The first kappa shape index (κ1) is 33.2. The van der Waals surface area contributed by atoms with Crippen LogP contribution < -0.4 is 20.1 Å². The third kappa shape index (κ3) is 5.50. The smallest absolute Gasteiger partial charge is 0.237 e. The molecule has 268 valence electrons. The molecule has 4 saturated heterocycles. The molecule has 4 aliphatic heterocycles. The lowest BCUT2D eigenvalue weighted by molar-refractivity contribution is -0.121. The minimum Gasteiger partial charge on any atom is -0.481 e. The number of ether oxygens (including phenoxy) is 2. The van der Waals surface area contributed by atoms with Gasteiger partial charge in [0.05, 0.1) is 47.9 Å². The Balaban J connectivity index is 0.973. The second-order valence-electron chi connectivity index (χ2n) is 14.9. The Labute approximate surface area is 305 Å². The monoisotopic (exact) mass is 723 g/mol. The summed E-state index contributed by atoms with van der Waals surface area (Å²) >= 11 is 7.11. The lowest BCUT2D eigenvalue weighted by atomic mass is 9.86. The summed E-state index contributed by atoms with van der Waals surface area (Å²) in [7, 11) is 3.17. The van der Waals surface area contributed by atoms with E-state index in [1.165, 1.54) is 7.11 Å². The first-order valence-corrected chi connectivity index (χ1v) is 18.2. The predicted octanol–water partition coefficient (Wildman–Crippen LogP) is 5.10. The van der Waals surface area contributed by atoms with Crippen LogP contribution in [-0.2, 0) is 22.6 Å². The molecule has 1 atom stereocenters. The molecule has 0 radical (unpaired) electrons. The van der Waals surface area contributed by atoms with Crippen LogP contribution in [0, 0.1) is 5.82 Å². The number of nitrogens with one attached hydrogen (secondary N) is 2. The molecule has 11 nitrogen and oxygen atoms in total. The SMILES string of the molecule is COc1nc(-c2cccc(-c3cccc(-c4cc5c(c(OC)n4)[C@@H](N4CC6(CCC(=O)N6)C4)CC5)c3Cl)c2F)cnc1CN1CC2(CCC(=O)N2)C1. The number of amides is 2. The number of aromatic nitrogens is 3. The van der Waals surface area contributed by atoms with Gasteiger partial charge in [0, 0.05) is 79.4 Å². The number of nitrogens with zero attached hydrogens (tertiary/aromatic N) is 5. The predicted molar refractivity (Wildman–Crippen MR) is 192 cm³/mol. The van der Waals surface area contributed by atoms with Crippen molar-refractivity contribution in [1.82, 2.24) is 35.4 Å². The van der Waals surface area contributed by atoms with Gasteiger partial charge in [0.2, 0.25) is 23.6 Å². The van der Waals surface area contributed by atoms with E-state index in [-0.39, 0.29) is 34.5 Å². The van der Waals surface area contributed by atoms with Crippen molar-refractivity contribution in [3.8, 4) is 45.4 Å². The number of rotatable bonds is 8. The van der Waals surface area contributed by atoms with Crippen LogP contribution in [0.2, 0.25) is 5.02 Å². The van der Waals surface area contributed by atoms with E-state index < -0.39 is 5.82 Å². The Bertz CT molecular complexity index is 2130. The fourth-order valence-corrected chi connectivity index (χ4v) is 9.35. The normalized spacial score (nSPS) is 21.5. The van der Waals surface area contributed by atoms with Crippen molar-refractivity contribution in [2.24, 2.45) is 0 Å². The van der Waals surface area contributed by atoms with E-state index in [0.29, 0.717) is 69.9 Å². The number of likely N-dealkylation sites (tertiary alicyclic amines) is 2. The fourth-order valence-electron chi connectivity index (χ4n) is 9.02. The summed E-state index contributed by atoms with van der Waals surface area (Å²) in [5.41, 5.74) is 5.50. The topological polar surface area (TPSA) is 122 Å². The number of carbonyl (C=O) groups is 2. The van der Waals surface area contributed by atoms with E-state index >= 15 is 4.39 Å². The quantitative estimate of drug-likeness (QED) is 0.256. The van der Waals surface area contributed by atoms with Crippen LogP contribution in [0.1, 0.15) is 55.0 Å². The summed E-state index contributed by atoms with van der Waals surface area (Å²) in [6.07, 6.45) is 6.27. The maximum Gasteiger partial charge on any atom is 0.237 e. The molecule has 1 aliphatic carbocycles. The minimum atomic E-state index is -0.472. The van der Waals surface area contributed by atoms with Gasteiger partial charge in [0.15, 0.2) is 0 Å². The van der Waals surface area contributed by atoms with Gasteiger partial charge in [0.1, 0.15) is 11.5 Å². The highest BCUT2D eigenvalue weighted by atomic mass is 35.5. The highest BCUT2D eigenvalue weighted by molar-refractivity contribution is 6.36. The van der Waals surface area contributed by atoms with Crippen LogP contribution in [0.25, 0.3) is 33.6 Å². The molecule has 52 heavy (non-hydrogen) atoms. The van der Waals surface area contributed by atoms with E-state index in [0.717, 1.165) is 63.0 Å². The number of pyridine rings is 1. The van der Waals surface area contributed by atoms with E-state index in [2.05, 4.69) is 36.5 Å². The summed E-state index contributed by atoms with van der Waals surface area (Å²) in [5, 5.41) is 6.66. The van der Waals surface area contributed by atoms with E-state index in [1.54, 1.807) is 37.6 Å². The van der Waals surface area contributed by atoms with E-state index in [9.17, 15) is 9.59 Å². The zero-order chi connectivity index (χ0) is 35.8.